The summed E-state index contributed by atoms with van der Waals surface area (Å²) in [5.74, 6) is -0.981. The summed E-state index contributed by atoms with van der Waals surface area (Å²) >= 11 is 4.87. The van der Waals surface area contributed by atoms with Crippen LogP contribution in [0, 0.1) is 0 Å². The van der Waals surface area contributed by atoms with Gasteiger partial charge in [0.05, 0.1) is 0 Å². The van der Waals surface area contributed by atoms with Gasteiger partial charge in [-0.15, -0.1) is 12.4 Å². The van der Waals surface area contributed by atoms with Crippen LogP contribution in [0.4, 0.5) is 0 Å². The van der Waals surface area contributed by atoms with E-state index in [2.05, 4.69) is 13.2 Å². The highest BCUT2D eigenvalue weighted by atomic mass is 35.5. The fraction of sp³-hybridized carbons (Fsp3) is 0.143. The standard InChI is InChI=1S/C4H5ClO.C3H4O2.ClH/c1-3(2)4(5)6;1-2-3(4)5;/h1H2,2H3;2H,1H2,(H,4,5);1H. The maximum Gasteiger partial charge on any atom is 0.327 e. The molecule has 0 aromatic rings. The minimum atomic E-state index is -0.981. The number of carboxylic acids is 1. The van der Waals surface area contributed by atoms with Crippen LogP contribution in [0.25, 0.3) is 0 Å². The van der Waals surface area contributed by atoms with Gasteiger partial charge >= 0.3 is 5.97 Å². The van der Waals surface area contributed by atoms with Gasteiger partial charge in [-0.25, -0.2) is 4.79 Å². The lowest BCUT2D eigenvalue weighted by Gasteiger charge is -1.77. The van der Waals surface area contributed by atoms with Crippen LogP contribution < -0.4 is 0 Å². The van der Waals surface area contributed by atoms with Crippen LogP contribution in [-0.2, 0) is 9.59 Å². The molecule has 0 aliphatic heterocycles. The third-order valence-corrected chi connectivity index (χ3v) is 0.833. The molecule has 12 heavy (non-hydrogen) atoms. The van der Waals surface area contributed by atoms with E-state index in [0.29, 0.717) is 5.57 Å². The molecule has 0 spiro atoms. The topological polar surface area (TPSA) is 54.4 Å². The molecule has 3 nitrogen and oxygen atoms in total. The first-order valence-electron chi connectivity index (χ1n) is 2.62. The van der Waals surface area contributed by atoms with Crippen molar-refractivity contribution < 1.29 is 14.7 Å². The SMILES string of the molecule is C=C(C)C(=O)Cl.C=CC(=O)O.Cl. The van der Waals surface area contributed by atoms with Crippen LogP contribution in [-0.4, -0.2) is 16.3 Å². The molecule has 0 radical (unpaired) electrons. The van der Waals surface area contributed by atoms with E-state index in [4.69, 9.17) is 16.7 Å². The molecule has 0 unspecified atom stereocenters. The largest absolute Gasteiger partial charge is 0.478 e. The number of carbonyl (C=O) groups is 2. The Bertz CT molecular complexity index is 175. The third kappa shape index (κ3) is 22.9. The summed E-state index contributed by atoms with van der Waals surface area (Å²) < 4.78 is 0. The monoisotopic (exact) mass is 212 g/mol. The number of aliphatic carboxylic acids is 1. The van der Waals surface area contributed by atoms with E-state index in [9.17, 15) is 9.59 Å². The molecule has 0 aromatic carbocycles. The molecule has 70 valence electrons. The minimum absolute atomic E-state index is 0. The Morgan fingerprint density at radius 3 is 1.67 bits per heavy atom. The minimum Gasteiger partial charge on any atom is -0.478 e. The summed E-state index contributed by atoms with van der Waals surface area (Å²) in [6.07, 6.45) is 0.833. The van der Waals surface area contributed by atoms with Crippen molar-refractivity contribution in [3.63, 3.8) is 0 Å². The van der Waals surface area contributed by atoms with Gasteiger partial charge in [0.25, 0.3) is 0 Å². The zero-order valence-corrected chi connectivity index (χ0v) is 8.11. The average molecular weight is 213 g/mol. The quantitative estimate of drug-likeness (QED) is 0.563. The summed E-state index contributed by atoms with van der Waals surface area (Å²) in [7, 11) is 0. The van der Waals surface area contributed by atoms with Crippen LogP contribution in [0.2, 0.25) is 0 Å². The second-order valence-corrected chi connectivity index (χ2v) is 1.94. The van der Waals surface area contributed by atoms with Crippen molar-refractivity contribution in [2.45, 2.75) is 6.92 Å². The Hall–Kier alpha value is -0.800. The van der Waals surface area contributed by atoms with Gasteiger partial charge in [-0.2, -0.15) is 0 Å². The molecule has 1 N–H and O–H groups in total. The lowest BCUT2D eigenvalue weighted by Crippen LogP contribution is -1.82. The number of rotatable bonds is 2. The van der Waals surface area contributed by atoms with E-state index in [0.717, 1.165) is 6.08 Å². The van der Waals surface area contributed by atoms with Crippen LogP contribution in [0.15, 0.2) is 24.8 Å². The predicted octanol–water partition coefficient (Wildman–Crippen LogP) is 2.01. The van der Waals surface area contributed by atoms with Crippen LogP contribution in [0.3, 0.4) is 0 Å². The zero-order valence-electron chi connectivity index (χ0n) is 6.54. The molecule has 0 saturated heterocycles. The number of halogens is 2. The lowest BCUT2D eigenvalue weighted by molar-refractivity contribution is -0.131. The first kappa shape index (κ1) is 17.3. The van der Waals surface area contributed by atoms with Crippen molar-refractivity contribution in [2.24, 2.45) is 0 Å². The van der Waals surface area contributed by atoms with Crippen LogP contribution >= 0.6 is 24.0 Å². The fourth-order valence-corrected chi connectivity index (χ4v) is 0. The van der Waals surface area contributed by atoms with Gasteiger partial charge in [-0.1, -0.05) is 13.2 Å². The predicted molar refractivity (Wildman–Crippen MR) is 50.8 cm³/mol. The molecular weight excluding hydrogens is 203 g/mol. The molecule has 5 heteroatoms. The van der Waals surface area contributed by atoms with E-state index in [1.807, 2.05) is 0 Å². The van der Waals surface area contributed by atoms with E-state index in [1.54, 1.807) is 6.92 Å². The maximum absolute atomic E-state index is 9.81. The Morgan fingerprint density at radius 2 is 1.67 bits per heavy atom. The van der Waals surface area contributed by atoms with Crippen molar-refractivity contribution >= 4 is 35.2 Å². The fourth-order valence-electron chi connectivity index (χ4n) is 0. The Morgan fingerprint density at radius 1 is 1.50 bits per heavy atom. The van der Waals surface area contributed by atoms with Gasteiger partial charge in [-0.05, 0) is 18.5 Å². The molecule has 0 amide bonds. The first-order chi connectivity index (χ1) is 4.91. The van der Waals surface area contributed by atoms with Crippen LogP contribution in [0.1, 0.15) is 6.92 Å². The molecule has 0 fully saturated rings. The molecule has 0 aliphatic carbocycles. The Labute approximate surface area is 82.1 Å². The lowest BCUT2D eigenvalue weighted by atomic mass is 10.4. The van der Waals surface area contributed by atoms with E-state index in [1.165, 1.54) is 0 Å². The molecule has 0 aromatic heterocycles. The van der Waals surface area contributed by atoms with Gasteiger partial charge in [0.15, 0.2) is 0 Å². The van der Waals surface area contributed by atoms with E-state index in [-0.39, 0.29) is 12.4 Å². The van der Waals surface area contributed by atoms with Gasteiger partial charge < -0.3 is 5.11 Å². The summed E-state index contributed by atoms with van der Waals surface area (Å²) in [4.78, 5) is 19.1. The second kappa shape index (κ2) is 10.2. The van der Waals surface area contributed by atoms with Crippen molar-refractivity contribution in [1.82, 2.24) is 0 Å². The Kier molecular flexibility index (Phi) is 14.7. The number of allylic oxidation sites excluding steroid dienone is 1. The van der Waals surface area contributed by atoms with E-state index >= 15 is 0 Å². The average Bonchev–Trinajstić information content (AvgIpc) is 1.89. The summed E-state index contributed by atoms with van der Waals surface area (Å²) in [6, 6.07) is 0. The number of carboxylic acid groups (broad SMARTS) is 1. The Balaban J connectivity index is -0.000000126. The molecule has 0 atom stereocenters. The van der Waals surface area contributed by atoms with Crippen LogP contribution in [0.5, 0.6) is 0 Å². The molecule has 0 heterocycles. The van der Waals surface area contributed by atoms with Crippen molar-refractivity contribution in [3.05, 3.63) is 24.8 Å². The molecule has 0 aliphatic rings. The first-order valence-corrected chi connectivity index (χ1v) is 3.00. The van der Waals surface area contributed by atoms with Gasteiger partial charge in [-0.3, -0.25) is 4.79 Å². The van der Waals surface area contributed by atoms with Crippen molar-refractivity contribution in [1.29, 1.82) is 0 Å². The molecule has 0 rings (SSSR count). The van der Waals surface area contributed by atoms with Gasteiger partial charge in [0.2, 0.25) is 5.24 Å². The summed E-state index contributed by atoms with van der Waals surface area (Å²) in [5.41, 5.74) is 0.386. The zero-order chi connectivity index (χ0) is 9.44. The smallest absolute Gasteiger partial charge is 0.327 e. The van der Waals surface area contributed by atoms with Crippen molar-refractivity contribution in [3.8, 4) is 0 Å². The highest BCUT2D eigenvalue weighted by Crippen LogP contribution is 1.91. The highest BCUT2D eigenvalue weighted by molar-refractivity contribution is 6.67. The summed E-state index contributed by atoms with van der Waals surface area (Å²) in [6.45, 7) is 7.80. The van der Waals surface area contributed by atoms with Gasteiger partial charge in [0.1, 0.15) is 0 Å². The normalized spacial score (nSPS) is 6.50. The molecule has 0 bridgehead atoms. The van der Waals surface area contributed by atoms with Crippen molar-refractivity contribution in [2.75, 3.05) is 0 Å². The maximum atomic E-state index is 9.81. The van der Waals surface area contributed by atoms with Gasteiger partial charge in [0, 0.05) is 11.6 Å². The molecular formula is C7H10Cl2O3. The second-order valence-electron chi connectivity index (χ2n) is 1.60. The van der Waals surface area contributed by atoms with E-state index < -0.39 is 11.2 Å². The number of carbonyl (C=O) groups excluding carboxylic acids is 1. The highest BCUT2D eigenvalue weighted by Gasteiger charge is 1.89. The summed E-state index contributed by atoms with van der Waals surface area (Å²) in [5, 5.41) is 7.14. The third-order valence-electron chi connectivity index (χ3n) is 0.510. The number of hydrogen-bond acceptors (Lipinski definition) is 2. The number of hydrogen-bond donors (Lipinski definition) is 1. The molecule has 0 saturated carbocycles.